The van der Waals surface area contributed by atoms with Crippen LogP contribution in [0.3, 0.4) is 0 Å². The molecule has 0 radical (unpaired) electrons. The Kier molecular flexibility index (Phi) is 4.45. The molecule has 0 spiro atoms. The molecule has 1 aliphatic rings. The van der Waals surface area contributed by atoms with Gasteiger partial charge in [-0.25, -0.2) is 9.97 Å². The van der Waals surface area contributed by atoms with E-state index in [1.165, 1.54) is 0 Å². The second-order valence-electron chi connectivity index (χ2n) is 4.57. The Morgan fingerprint density at radius 3 is 2.88 bits per heavy atom. The number of hydrogen-bond donors (Lipinski definition) is 1. The summed E-state index contributed by atoms with van der Waals surface area (Å²) in [5, 5.41) is 0. The lowest BCUT2D eigenvalue weighted by molar-refractivity contribution is 0.0844. The van der Waals surface area contributed by atoms with Crippen molar-refractivity contribution in [2.45, 2.75) is 38.0 Å². The Bertz CT molecular complexity index is 346. The third kappa shape index (κ3) is 3.01. The van der Waals surface area contributed by atoms with E-state index in [1.54, 1.807) is 0 Å². The molecule has 2 rings (SSSR count). The van der Waals surface area contributed by atoms with Gasteiger partial charge in [-0.3, -0.25) is 0 Å². The monoisotopic (exact) mass is 235 g/mol. The predicted octanol–water partition coefficient (Wildman–Crippen LogP) is 1.82. The Morgan fingerprint density at radius 1 is 1.47 bits per heavy atom. The van der Waals surface area contributed by atoms with Crippen LogP contribution in [0.5, 0.6) is 0 Å². The van der Waals surface area contributed by atoms with Crippen LogP contribution in [0.25, 0.3) is 0 Å². The molecule has 1 saturated heterocycles. The van der Waals surface area contributed by atoms with Crippen molar-refractivity contribution in [3.63, 3.8) is 0 Å². The first-order chi connectivity index (χ1) is 8.35. The summed E-state index contributed by atoms with van der Waals surface area (Å²) >= 11 is 0. The second-order valence-corrected chi connectivity index (χ2v) is 4.57. The highest BCUT2D eigenvalue weighted by atomic mass is 16.5. The number of rotatable bonds is 4. The van der Waals surface area contributed by atoms with Crippen LogP contribution >= 0.6 is 0 Å². The van der Waals surface area contributed by atoms with E-state index in [-0.39, 0.29) is 5.92 Å². The minimum absolute atomic E-state index is 0.287. The molecular weight excluding hydrogens is 214 g/mol. The molecule has 4 heteroatoms. The Morgan fingerprint density at radius 2 is 2.24 bits per heavy atom. The zero-order valence-electron chi connectivity index (χ0n) is 10.4. The van der Waals surface area contributed by atoms with Crippen molar-refractivity contribution in [3.05, 3.63) is 23.8 Å². The Hall–Kier alpha value is -1.00. The fourth-order valence-corrected chi connectivity index (χ4v) is 2.26. The molecule has 0 bridgehead atoms. The van der Waals surface area contributed by atoms with Crippen LogP contribution in [0.15, 0.2) is 12.3 Å². The van der Waals surface area contributed by atoms with Gasteiger partial charge in [0, 0.05) is 43.5 Å². The Labute approximate surface area is 103 Å². The maximum Gasteiger partial charge on any atom is 0.132 e. The highest BCUT2D eigenvalue weighted by molar-refractivity contribution is 5.11. The average molecular weight is 235 g/mol. The molecular formula is C13H21N3O. The summed E-state index contributed by atoms with van der Waals surface area (Å²) in [5.41, 5.74) is 6.90. The van der Waals surface area contributed by atoms with Gasteiger partial charge in [0.25, 0.3) is 0 Å². The number of ether oxygens (including phenoxy) is 1. The summed E-state index contributed by atoms with van der Waals surface area (Å²) < 4.78 is 5.38. The first-order valence-electron chi connectivity index (χ1n) is 6.45. The van der Waals surface area contributed by atoms with Gasteiger partial charge in [0.05, 0.1) is 0 Å². The zero-order chi connectivity index (χ0) is 12.1. The first kappa shape index (κ1) is 12.5. The summed E-state index contributed by atoms with van der Waals surface area (Å²) in [5.74, 6) is 1.72. The van der Waals surface area contributed by atoms with Gasteiger partial charge in [-0.05, 0) is 25.3 Å². The molecule has 1 unspecified atom stereocenters. The molecule has 2 heterocycles. The lowest BCUT2D eigenvalue weighted by atomic mass is 9.96. The quantitative estimate of drug-likeness (QED) is 0.864. The lowest BCUT2D eigenvalue weighted by Gasteiger charge is -2.22. The van der Waals surface area contributed by atoms with Crippen molar-refractivity contribution in [2.75, 3.05) is 19.8 Å². The minimum Gasteiger partial charge on any atom is -0.381 e. The topological polar surface area (TPSA) is 61.0 Å². The molecule has 0 saturated carbocycles. The van der Waals surface area contributed by atoms with Gasteiger partial charge in [-0.2, -0.15) is 0 Å². The van der Waals surface area contributed by atoms with E-state index >= 15 is 0 Å². The van der Waals surface area contributed by atoms with Crippen LogP contribution in [0, 0.1) is 0 Å². The number of nitrogens with two attached hydrogens (primary N) is 1. The largest absolute Gasteiger partial charge is 0.381 e. The van der Waals surface area contributed by atoms with Gasteiger partial charge in [0.2, 0.25) is 0 Å². The van der Waals surface area contributed by atoms with E-state index in [2.05, 4.69) is 11.9 Å². The van der Waals surface area contributed by atoms with Crippen LogP contribution in [0.4, 0.5) is 0 Å². The number of hydrogen-bond acceptors (Lipinski definition) is 4. The first-order valence-corrected chi connectivity index (χ1v) is 6.45. The third-order valence-corrected chi connectivity index (χ3v) is 3.48. The van der Waals surface area contributed by atoms with Crippen LogP contribution in [-0.4, -0.2) is 29.7 Å². The molecule has 0 aliphatic carbocycles. The molecule has 94 valence electrons. The maximum atomic E-state index is 5.74. The summed E-state index contributed by atoms with van der Waals surface area (Å²) in [6.07, 6.45) is 4.99. The molecule has 1 atom stereocenters. The smallest absolute Gasteiger partial charge is 0.132 e. The zero-order valence-corrected chi connectivity index (χ0v) is 10.4. The molecule has 0 aromatic carbocycles. The van der Waals surface area contributed by atoms with Gasteiger partial charge in [0.1, 0.15) is 5.82 Å². The average Bonchev–Trinajstić information content (AvgIpc) is 2.42. The van der Waals surface area contributed by atoms with Gasteiger partial charge in [-0.1, -0.05) is 6.92 Å². The van der Waals surface area contributed by atoms with E-state index in [0.29, 0.717) is 12.5 Å². The second kappa shape index (κ2) is 6.07. The van der Waals surface area contributed by atoms with Gasteiger partial charge in [-0.15, -0.1) is 0 Å². The fraction of sp³-hybridized carbons (Fsp3) is 0.692. The van der Waals surface area contributed by atoms with Gasteiger partial charge < -0.3 is 10.5 Å². The summed E-state index contributed by atoms with van der Waals surface area (Å²) in [4.78, 5) is 9.05. The molecule has 0 amide bonds. The van der Waals surface area contributed by atoms with Crippen molar-refractivity contribution in [2.24, 2.45) is 5.73 Å². The van der Waals surface area contributed by atoms with E-state index in [4.69, 9.17) is 15.5 Å². The SMILES string of the molecule is CCC(CN)c1nccc(C2CCOCC2)n1. The van der Waals surface area contributed by atoms with Crippen molar-refractivity contribution in [3.8, 4) is 0 Å². The van der Waals surface area contributed by atoms with Crippen LogP contribution < -0.4 is 5.73 Å². The summed E-state index contributed by atoms with van der Waals surface area (Å²) in [6.45, 7) is 4.44. The van der Waals surface area contributed by atoms with Gasteiger partial charge >= 0.3 is 0 Å². The lowest BCUT2D eigenvalue weighted by Crippen LogP contribution is -2.18. The van der Waals surface area contributed by atoms with Crippen molar-refractivity contribution < 1.29 is 4.74 Å². The minimum atomic E-state index is 0.287. The van der Waals surface area contributed by atoms with Gasteiger partial charge in [0.15, 0.2) is 0 Å². The molecule has 1 fully saturated rings. The van der Waals surface area contributed by atoms with E-state index in [9.17, 15) is 0 Å². The summed E-state index contributed by atoms with van der Waals surface area (Å²) in [6, 6.07) is 2.03. The van der Waals surface area contributed by atoms with Crippen LogP contribution in [-0.2, 0) is 4.74 Å². The molecule has 4 nitrogen and oxygen atoms in total. The van der Waals surface area contributed by atoms with Crippen molar-refractivity contribution in [1.82, 2.24) is 9.97 Å². The van der Waals surface area contributed by atoms with Crippen LogP contribution in [0.1, 0.15) is 49.5 Å². The molecule has 1 aromatic heterocycles. The van der Waals surface area contributed by atoms with Crippen molar-refractivity contribution in [1.29, 1.82) is 0 Å². The normalized spacial score (nSPS) is 19.2. The highest BCUT2D eigenvalue weighted by Crippen LogP contribution is 2.26. The summed E-state index contributed by atoms with van der Waals surface area (Å²) in [7, 11) is 0. The molecule has 17 heavy (non-hydrogen) atoms. The highest BCUT2D eigenvalue weighted by Gasteiger charge is 2.19. The molecule has 1 aromatic rings. The van der Waals surface area contributed by atoms with E-state index in [1.807, 2.05) is 12.3 Å². The van der Waals surface area contributed by atoms with E-state index in [0.717, 1.165) is 44.0 Å². The maximum absolute atomic E-state index is 5.74. The van der Waals surface area contributed by atoms with Crippen LogP contribution in [0.2, 0.25) is 0 Å². The third-order valence-electron chi connectivity index (χ3n) is 3.48. The van der Waals surface area contributed by atoms with Crippen molar-refractivity contribution >= 4 is 0 Å². The molecule has 1 aliphatic heterocycles. The van der Waals surface area contributed by atoms with E-state index < -0.39 is 0 Å². The Balaban J connectivity index is 2.15. The number of aromatic nitrogens is 2. The number of nitrogens with zero attached hydrogens (tertiary/aromatic N) is 2. The fourth-order valence-electron chi connectivity index (χ4n) is 2.26. The predicted molar refractivity (Wildman–Crippen MR) is 66.9 cm³/mol. The standard InChI is InChI=1S/C13H21N3O/c1-2-10(9-14)13-15-6-3-12(16-13)11-4-7-17-8-5-11/h3,6,10-11H,2,4-5,7-9,14H2,1H3. The molecule has 2 N–H and O–H groups in total.